The zero-order chi connectivity index (χ0) is 27.2. The Balaban J connectivity index is 1.22. The molecule has 2 aliphatic rings. The van der Waals surface area contributed by atoms with Crippen LogP contribution in [0.3, 0.4) is 0 Å². The number of fused-ring (bicyclic) bond motifs is 1. The van der Waals surface area contributed by atoms with E-state index in [-0.39, 0.29) is 11.8 Å². The molecule has 5 rings (SSSR count). The summed E-state index contributed by atoms with van der Waals surface area (Å²) in [6.45, 7) is 2.90. The van der Waals surface area contributed by atoms with E-state index in [9.17, 15) is 4.79 Å². The van der Waals surface area contributed by atoms with Crippen LogP contribution in [0.4, 0.5) is 17.5 Å². The van der Waals surface area contributed by atoms with Crippen LogP contribution in [0, 0.1) is 5.92 Å². The molecule has 3 aromatic rings. The van der Waals surface area contributed by atoms with Gasteiger partial charge < -0.3 is 39.2 Å². The van der Waals surface area contributed by atoms with Gasteiger partial charge in [0.1, 0.15) is 19.0 Å². The maximum Gasteiger partial charge on any atom is 0.229 e. The molecule has 0 bridgehead atoms. The number of hydrogen-bond acceptors (Lipinski definition) is 10. The first-order valence-electron chi connectivity index (χ1n) is 12.9. The van der Waals surface area contributed by atoms with Gasteiger partial charge in [0.05, 0.1) is 27.2 Å². The SMILES string of the molecule is COc1cc(Nc2nccc(N3CCC[C@H](C(=O)NCc4ccc5c(c4)OCCO5)C3)n2)cc(OC)c1OC. The summed E-state index contributed by atoms with van der Waals surface area (Å²) in [6.07, 6.45) is 3.42. The van der Waals surface area contributed by atoms with Gasteiger partial charge in [-0.15, -0.1) is 0 Å². The molecule has 0 unspecified atom stereocenters. The number of piperidine rings is 1. The highest BCUT2D eigenvalue weighted by molar-refractivity contribution is 5.79. The van der Waals surface area contributed by atoms with Crippen LogP contribution in [0.2, 0.25) is 0 Å². The molecule has 3 heterocycles. The Kier molecular flexibility index (Phi) is 8.04. The molecule has 0 saturated carbocycles. The van der Waals surface area contributed by atoms with Crippen LogP contribution < -0.4 is 39.2 Å². The van der Waals surface area contributed by atoms with Crippen molar-refractivity contribution in [2.24, 2.45) is 5.92 Å². The Morgan fingerprint density at radius 2 is 1.79 bits per heavy atom. The first-order valence-corrected chi connectivity index (χ1v) is 12.9. The lowest BCUT2D eigenvalue weighted by Gasteiger charge is -2.33. The van der Waals surface area contributed by atoms with Crippen molar-refractivity contribution in [1.29, 1.82) is 0 Å². The van der Waals surface area contributed by atoms with E-state index in [1.807, 2.05) is 24.3 Å². The molecule has 1 fully saturated rings. The Hall–Kier alpha value is -4.41. The minimum Gasteiger partial charge on any atom is -0.493 e. The first-order chi connectivity index (χ1) is 19.1. The number of amides is 1. The molecule has 0 aliphatic carbocycles. The fourth-order valence-electron chi connectivity index (χ4n) is 4.80. The Bertz CT molecular complexity index is 1290. The molecule has 2 aliphatic heterocycles. The van der Waals surface area contributed by atoms with Gasteiger partial charge in [-0.25, -0.2) is 4.98 Å². The number of nitrogens with one attached hydrogen (secondary N) is 2. The van der Waals surface area contributed by atoms with Gasteiger partial charge in [0.25, 0.3) is 0 Å². The summed E-state index contributed by atoms with van der Waals surface area (Å²) in [5.74, 6) is 4.08. The fraction of sp³-hybridized carbons (Fsp3) is 0.393. The molecule has 1 amide bonds. The monoisotopic (exact) mass is 535 g/mol. The highest BCUT2D eigenvalue weighted by Gasteiger charge is 2.27. The van der Waals surface area contributed by atoms with Gasteiger partial charge in [-0.1, -0.05) is 6.07 Å². The molecule has 2 N–H and O–H groups in total. The molecule has 1 atom stereocenters. The molecule has 1 aromatic heterocycles. The minimum absolute atomic E-state index is 0.0272. The molecule has 0 radical (unpaired) electrons. The molecular formula is C28H33N5O6. The maximum atomic E-state index is 13.0. The van der Waals surface area contributed by atoms with Gasteiger partial charge in [-0.05, 0) is 36.6 Å². The summed E-state index contributed by atoms with van der Waals surface area (Å²) in [6, 6.07) is 11.2. The van der Waals surface area contributed by atoms with Crippen molar-refractivity contribution in [3.63, 3.8) is 0 Å². The Labute approximate surface area is 227 Å². The highest BCUT2D eigenvalue weighted by atomic mass is 16.6. The smallest absolute Gasteiger partial charge is 0.229 e. The number of anilines is 3. The van der Waals surface area contributed by atoms with Crippen molar-refractivity contribution in [3.05, 3.63) is 48.2 Å². The molecule has 1 saturated heterocycles. The van der Waals surface area contributed by atoms with Crippen molar-refractivity contribution >= 4 is 23.4 Å². The van der Waals surface area contributed by atoms with E-state index < -0.39 is 0 Å². The first kappa shape index (κ1) is 26.2. The number of carbonyl (C=O) groups is 1. The Morgan fingerprint density at radius 3 is 2.54 bits per heavy atom. The van der Waals surface area contributed by atoms with Gasteiger partial charge in [0.2, 0.25) is 17.6 Å². The van der Waals surface area contributed by atoms with Crippen LogP contribution in [0.5, 0.6) is 28.7 Å². The second kappa shape index (κ2) is 12.0. The zero-order valence-corrected chi connectivity index (χ0v) is 22.4. The highest BCUT2D eigenvalue weighted by Crippen LogP contribution is 2.40. The Morgan fingerprint density at radius 1 is 1.03 bits per heavy atom. The summed E-state index contributed by atoms with van der Waals surface area (Å²) < 4.78 is 27.5. The maximum absolute atomic E-state index is 13.0. The number of benzene rings is 2. The van der Waals surface area contributed by atoms with E-state index in [1.54, 1.807) is 39.7 Å². The third-order valence-electron chi connectivity index (χ3n) is 6.75. The van der Waals surface area contributed by atoms with Crippen molar-refractivity contribution in [3.8, 4) is 28.7 Å². The summed E-state index contributed by atoms with van der Waals surface area (Å²) in [4.78, 5) is 24.2. The molecule has 206 valence electrons. The summed E-state index contributed by atoms with van der Waals surface area (Å²) in [5, 5.41) is 6.30. The molecule has 0 spiro atoms. The van der Waals surface area contributed by atoms with Gasteiger partial charge in [0.15, 0.2) is 23.0 Å². The fourth-order valence-corrected chi connectivity index (χ4v) is 4.80. The van der Waals surface area contributed by atoms with E-state index in [4.69, 9.17) is 28.7 Å². The topological polar surface area (TPSA) is 116 Å². The molecule has 11 nitrogen and oxygen atoms in total. The van der Waals surface area contributed by atoms with Crippen LogP contribution in [0.1, 0.15) is 18.4 Å². The zero-order valence-electron chi connectivity index (χ0n) is 22.4. The lowest BCUT2D eigenvalue weighted by atomic mass is 9.97. The largest absolute Gasteiger partial charge is 0.493 e. The average molecular weight is 536 g/mol. The third kappa shape index (κ3) is 6.02. The lowest BCUT2D eigenvalue weighted by Crippen LogP contribution is -2.43. The number of rotatable bonds is 9. The van der Waals surface area contributed by atoms with Crippen LogP contribution in [0.15, 0.2) is 42.6 Å². The normalized spacial score (nSPS) is 16.3. The van der Waals surface area contributed by atoms with Gasteiger partial charge >= 0.3 is 0 Å². The number of carbonyl (C=O) groups excluding carboxylic acids is 1. The van der Waals surface area contributed by atoms with Crippen molar-refractivity contribution in [1.82, 2.24) is 15.3 Å². The van der Waals surface area contributed by atoms with Crippen molar-refractivity contribution < 1.29 is 28.5 Å². The summed E-state index contributed by atoms with van der Waals surface area (Å²) >= 11 is 0. The second-order valence-electron chi connectivity index (χ2n) is 9.26. The number of hydrogen-bond donors (Lipinski definition) is 2. The van der Waals surface area contributed by atoms with Crippen LogP contribution in [-0.2, 0) is 11.3 Å². The number of aromatic nitrogens is 2. The predicted octanol–water partition coefficient (Wildman–Crippen LogP) is 3.55. The van der Waals surface area contributed by atoms with Gasteiger partial charge in [0, 0.05) is 43.7 Å². The van der Waals surface area contributed by atoms with E-state index >= 15 is 0 Å². The summed E-state index contributed by atoms with van der Waals surface area (Å²) in [7, 11) is 4.69. The summed E-state index contributed by atoms with van der Waals surface area (Å²) in [5.41, 5.74) is 1.66. The third-order valence-corrected chi connectivity index (χ3v) is 6.75. The number of nitrogens with zero attached hydrogens (tertiary/aromatic N) is 3. The standard InChI is InChI=1S/C28H33N5O6/c1-35-23-14-20(15-24(36-2)26(23)37-3)31-28-29-9-8-25(32-28)33-10-4-5-19(17-33)27(34)30-16-18-6-7-21-22(13-18)39-12-11-38-21/h6-9,13-15,19H,4-5,10-12,16-17H2,1-3H3,(H,30,34)(H,29,31,32)/t19-/m0/s1. The number of methoxy groups -OCH3 is 3. The quantitative estimate of drug-likeness (QED) is 0.421. The second-order valence-corrected chi connectivity index (χ2v) is 9.26. The average Bonchev–Trinajstić information content (AvgIpc) is 2.99. The van der Waals surface area contributed by atoms with E-state index in [0.717, 1.165) is 42.3 Å². The predicted molar refractivity (Wildman–Crippen MR) is 146 cm³/mol. The van der Waals surface area contributed by atoms with Crippen LogP contribution in [0.25, 0.3) is 0 Å². The molecule has 11 heteroatoms. The van der Waals surface area contributed by atoms with Crippen molar-refractivity contribution in [2.45, 2.75) is 19.4 Å². The van der Waals surface area contributed by atoms with Gasteiger partial charge in [-0.3, -0.25) is 4.79 Å². The van der Waals surface area contributed by atoms with E-state index in [0.29, 0.717) is 55.2 Å². The van der Waals surface area contributed by atoms with E-state index in [2.05, 4.69) is 20.5 Å². The molecular weight excluding hydrogens is 502 g/mol. The lowest BCUT2D eigenvalue weighted by molar-refractivity contribution is -0.125. The van der Waals surface area contributed by atoms with Crippen molar-refractivity contribution in [2.75, 3.05) is 57.8 Å². The van der Waals surface area contributed by atoms with Crippen LogP contribution in [-0.4, -0.2) is 63.5 Å². The van der Waals surface area contributed by atoms with E-state index in [1.165, 1.54) is 0 Å². The number of ether oxygens (including phenoxy) is 5. The van der Waals surface area contributed by atoms with Gasteiger partial charge in [-0.2, -0.15) is 4.98 Å². The van der Waals surface area contributed by atoms with Crippen LogP contribution >= 0.6 is 0 Å². The molecule has 2 aromatic carbocycles. The molecule has 39 heavy (non-hydrogen) atoms. The minimum atomic E-state index is -0.141.